The van der Waals surface area contributed by atoms with Crippen LogP contribution in [0.1, 0.15) is 6.42 Å². The third-order valence-corrected chi connectivity index (χ3v) is 3.11. The minimum absolute atomic E-state index is 0.0160. The molecule has 2 rings (SSSR count). The van der Waals surface area contributed by atoms with Gasteiger partial charge < -0.3 is 10.6 Å². The molecule has 2 aromatic rings. The van der Waals surface area contributed by atoms with Gasteiger partial charge in [-0.1, -0.05) is 29.8 Å². The van der Waals surface area contributed by atoms with Crippen molar-refractivity contribution in [3.63, 3.8) is 0 Å². The third kappa shape index (κ3) is 4.46. The number of rotatable bonds is 6. The molecule has 0 aliphatic heterocycles. The molecule has 0 aromatic heterocycles. The molecular formula is C15H14ClN3O3. The first-order chi connectivity index (χ1) is 10.6. The van der Waals surface area contributed by atoms with Crippen molar-refractivity contribution in [2.75, 3.05) is 17.2 Å². The average Bonchev–Trinajstić information content (AvgIpc) is 2.47. The number of hydrogen-bond donors (Lipinski definition) is 2. The van der Waals surface area contributed by atoms with Crippen LogP contribution in [0.4, 0.5) is 17.1 Å². The van der Waals surface area contributed by atoms with Crippen molar-refractivity contribution >= 4 is 34.6 Å². The lowest BCUT2D eigenvalue weighted by molar-refractivity contribution is -0.384. The largest absolute Gasteiger partial charge is 0.379 e. The number of para-hydroxylation sites is 2. The highest BCUT2D eigenvalue weighted by Crippen LogP contribution is 2.23. The quantitative estimate of drug-likeness (QED) is 0.628. The van der Waals surface area contributed by atoms with Crippen molar-refractivity contribution < 1.29 is 9.72 Å². The molecule has 0 saturated carbocycles. The summed E-state index contributed by atoms with van der Waals surface area (Å²) < 4.78 is 0. The van der Waals surface area contributed by atoms with Crippen LogP contribution in [0.3, 0.4) is 0 Å². The molecule has 2 N–H and O–H groups in total. The molecular weight excluding hydrogens is 306 g/mol. The third-order valence-electron chi connectivity index (χ3n) is 2.88. The van der Waals surface area contributed by atoms with E-state index >= 15 is 0 Å². The molecule has 0 aliphatic carbocycles. The Morgan fingerprint density at radius 2 is 1.95 bits per heavy atom. The van der Waals surface area contributed by atoms with Crippen molar-refractivity contribution in [2.45, 2.75) is 6.42 Å². The van der Waals surface area contributed by atoms with Gasteiger partial charge >= 0.3 is 0 Å². The number of benzene rings is 2. The predicted molar refractivity (Wildman–Crippen MR) is 86.3 cm³/mol. The van der Waals surface area contributed by atoms with E-state index in [0.29, 0.717) is 16.4 Å². The van der Waals surface area contributed by atoms with Crippen molar-refractivity contribution in [1.29, 1.82) is 0 Å². The molecule has 0 spiro atoms. The first-order valence-corrected chi connectivity index (χ1v) is 6.97. The van der Waals surface area contributed by atoms with Crippen LogP contribution in [0.2, 0.25) is 5.02 Å². The molecule has 6 nitrogen and oxygen atoms in total. The first-order valence-electron chi connectivity index (χ1n) is 6.59. The SMILES string of the molecule is O=C(CCNc1ccccc1[N+](=O)[O-])Nc1cccc(Cl)c1. The Balaban J connectivity index is 1.86. The Hall–Kier alpha value is -2.60. The lowest BCUT2D eigenvalue weighted by Gasteiger charge is -2.08. The molecule has 0 saturated heterocycles. The van der Waals surface area contributed by atoms with Gasteiger partial charge in [0.25, 0.3) is 5.69 Å². The monoisotopic (exact) mass is 319 g/mol. The Bertz CT molecular complexity index is 691. The maximum atomic E-state index is 11.8. The van der Waals surface area contributed by atoms with Crippen LogP contribution in [-0.4, -0.2) is 17.4 Å². The highest BCUT2D eigenvalue weighted by Gasteiger charge is 2.12. The molecule has 0 atom stereocenters. The average molecular weight is 320 g/mol. The number of halogens is 1. The zero-order valence-corrected chi connectivity index (χ0v) is 12.3. The fourth-order valence-electron chi connectivity index (χ4n) is 1.88. The summed E-state index contributed by atoms with van der Waals surface area (Å²) in [6.45, 7) is 0.289. The van der Waals surface area contributed by atoms with Gasteiger partial charge in [-0.25, -0.2) is 0 Å². The van der Waals surface area contributed by atoms with Gasteiger partial charge in [-0.2, -0.15) is 0 Å². The smallest absolute Gasteiger partial charge is 0.292 e. The van der Waals surface area contributed by atoms with E-state index < -0.39 is 4.92 Å². The molecule has 0 fully saturated rings. The first kappa shape index (κ1) is 15.8. The Labute approximate surface area is 132 Å². The summed E-state index contributed by atoms with van der Waals surface area (Å²) in [5.41, 5.74) is 0.990. The number of carbonyl (C=O) groups is 1. The number of nitrogens with one attached hydrogen (secondary N) is 2. The summed E-state index contributed by atoms with van der Waals surface area (Å²) in [6, 6.07) is 13.1. The summed E-state index contributed by atoms with van der Waals surface area (Å²) in [6.07, 6.45) is 0.179. The number of carbonyl (C=O) groups excluding carboxylic acids is 1. The Morgan fingerprint density at radius 3 is 2.68 bits per heavy atom. The van der Waals surface area contributed by atoms with E-state index in [1.807, 2.05) is 0 Å². The second-order valence-corrected chi connectivity index (χ2v) is 4.95. The summed E-state index contributed by atoms with van der Waals surface area (Å²) in [7, 11) is 0. The fraction of sp³-hybridized carbons (Fsp3) is 0.133. The molecule has 1 amide bonds. The molecule has 22 heavy (non-hydrogen) atoms. The molecule has 0 radical (unpaired) electrons. The van der Waals surface area contributed by atoms with E-state index in [1.54, 1.807) is 42.5 Å². The van der Waals surface area contributed by atoms with Gasteiger partial charge in [0, 0.05) is 29.7 Å². The van der Waals surface area contributed by atoms with E-state index in [4.69, 9.17) is 11.6 Å². The zero-order valence-electron chi connectivity index (χ0n) is 11.6. The molecule has 0 unspecified atom stereocenters. The van der Waals surface area contributed by atoms with E-state index in [1.165, 1.54) is 6.07 Å². The second kappa shape index (κ2) is 7.42. The van der Waals surface area contributed by atoms with Crippen LogP contribution in [0.15, 0.2) is 48.5 Å². The highest BCUT2D eigenvalue weighted by molar-refractivity contribution is 6.30. The van der Waals surface area contributed by atoms with Crippen LogP contribution < -0.4 is 10.6 Å². The molecule has 0 heterocycles. The topological polar surface area (TPSA) is 84.3 Å². The lowest BCUT2D eigenvalue weighted by atomic mass is 10.2. The number of amides is 1. The summed E-state index contributed by atoms with van der Waals surface area (Å²) >= 11 is 5.83. The number of anilines is 2. The number of nitro groups is 1. The van der Waals surface area contributed by atoms with Crippen LogP contribution >= 0.6 is 11.6 Å². The van der Waals surface area contributed by atoms with Crippen LogP contribution in [-0.2, 0) is 4.79 Å². The van der Waals surface area contributed by atoms with E-state index in [2.05, 4.69) is 10.6 Å². The summed E-state index contributed by atoms with van der Waals surface area (Å²) in [5, 5.41) is 17.0. The van der Waals surface area contributed by atoms with Gasteiger partial charge in [-0.3, -0.25) is 14.9 Å². The summed E-state index contributed by atoms with van der Waals surface area (Å²) in [4.78, 5) is 22.2. The van der Waals surface area contributed by atoms with Gasteiger partial charge in [0.15, 0.2) is 0 Å². The normalized spacial score (nSPS) is 10.0. The maximum absolute atomic E-state index is 11.8. The standard InChI is InChI=1S/C15H14ClN3O3/c16-11-4-3-5-12(10-11)18-15(20)8-9-17-13-6-1-2-7-14(13)19(21)22/h1-7,10,17H,8-9H2,(H,18,20). The van der Waals surface area contributed by atoms with E-state index in [9.17, 15) is 14.9 Å². The molecule has 0 bridgehead atoms. The Morgan fingerprint density at radius 1 is 1.18 bits per heavy atom. The summed E-state index contributed by atoms with van der Waals surface area (Å²) in [5.74, 6) is -0.201. The van der Waals surface area contributed by atoms with Gasteiger partial charge in [0.2, 0.25) is 5.91 Å². The minimum Gasteiger partial charge on any atom is -0.379 e. The number of nitro benzene ring substituents is 1. The molecule has 2 aromatic carbocycles. The van der Waals surface area contributed by atoms with Crippen LogP contribution in [0.25, 0.3) is 0 Å². The van der Waals surface area contributed by atoms with Crippen molar-refractivity contribution in [2.24, 2.45) is 0 Å². The molecule has 114 valence electrons. The maximum Gasteiger partial charge on any atom is 0.292 e. The van der Waals surface area contributed by atoms with Gasteiger partial charge in [-0.15, -0.1) is 0 Å². The van der Waals surface area contributed by atoms with Crippen LogP contribution in [0.5, 0.6) is 0 Å². The van der Waals surface area contributed by atoms with Gasteiger partial charge in [0.1, 0.15) is 5.69 Å². The zero-order chi connectivity index (χ0) is 15.9. The van der Waals surface area contributed by atoms with Gasteiger partial charge in [0.05, 0.1) is 4.92 Å². The number of nitrogens with zero attached hydrogens (tertiary/aromatic N) is 1. The van der Waals surface area contributed by atoms with Crippen LogP contribution in [0, 0.1) is 10.1 Å². The lowest BCUT2D eigenvalue weighted by Crippen LogP contribution is -2.16. The molecule has 7 heteroatoms. The second-order valence-electron chi connectivity index (χ2n) is 4.51. The predicted octanol–water partition coefficient (Wildman–Crippen LogP) is 3.69. The van der Waals surface area contributed by atoms with E-state index in [-0.39, 0.29) is 24.6 Å². The van der Waals surface area contributed by atoms with Gasteiger partial charge in [-0.05, 0) is 24.3 Å². The van der Waals surface area contributed by atoms with E-state index in [0.717, 1.165) is 0 Å². The Kier molecular flexibility index (Phi) is 5.32. The number of hydrogen-bond acceptors (Lipinski definition) is 4. The van der Waals surface area contributed by atoms with Crippen molar-refractivity contribution in [3.8, 4) is 0 Å². The molecule has 0 aliphatic rings. The van der Waals surface area contributed by atoms with Crippen molar-refractivity contribution in [3.05, 3.63) is 63.7 Å². The minimum atomic E-state index is -0.464. The highest BCUT2D eigenvalue weighted by atomic mass is 35.5. The van der Waals surface area contributed by atoms with Crippen molar-refractivity contribution in [1.82, 2.24) is 0 Å². The fourth-order valence-corrected chi connectivity index (χ4v) is 2.07.